The Morgan fingerprint density at radius 2 is 1.75 bits per heavy atom. The fourth-order valence-electron chi connectivity index (χ4n) is 2.67. The molecule has 5 heteroatoms. The van der Waals surface area contributed by atoms with Crippen molar-refractivity contribution in [1.29, 1.82) is 0 Å². The summed E-state index contributed by atoms with van der Waals surface area (Å²) in [4.78, 5) is 37.6. The first kappa shape index (κ1) is 17.7. The van der Waals surface area contributed by atoms with E-state index in [9.17, 15) is 14.4 Å². The highest BCUT2D eigenvalue weighted by molar-refractivity contribution is 6.27. The van der Waals surface area contributed by atoms with E-state index in [-0.39, 0.29) is 28.8 Å². The van der Waals surface area contributed by atoms with Gasteiger partial charge in [0.1, 0.15) is 0 Å². The number of ketones is 2. The van der Waals surface area contributed by atoms with E-state index in [1.165, 1.54) is 13.2 Å². The van der Waals surface area contributed by atoms with Gasteiger partial charge in [0.2, 0.25) is 11.7 Å². The third kappa shape index (κ3) is 3.30. The number of amides is 1. The molecule has 1 aliphatic carbocycles. The molecule has 0 radical (unpaired) electrons. The predicted molar refractivity (Wildman–Crippen MR) is 90.8 cm³/mol. The maximum Gasteiger partial charge on any atom is 0.247 e. The second-order valence-corrected chi connectivity index (χ2v) is 5.43. The molecular formula is C19H21NO4. The minimum absolute atomic E-state index is 0.0170. The summed E-state index contributed by atoms with van der Waals surface area (Å²) < 4.78 is 5.20. The Balaban J connectivity index is 2.57. The minimum Gasteiger partial charge on any atom is -0.492 e. The summed E-state index contributed by atoms with van der Waals surface area (Å²) in [6.45, 7) is 4.26. The smallest absolute Gasteiger partial charge is 0.247 e. The molecule has 0 unspecified atom stereocenters. The summed E-state index contributed by atoms with van der Waals surface area (Å²) in [6, 6.07) is 6.63. The number of fused-ring (bicyclic) bond motifs is 1. The van der Waals surface area contributed by atoms with Crippen LogP contribution in [0.15, 0.2) is 47.2 Å². The number of rotatable bonds is 6. The van der Waals surface area contributed by atoms with Crippen molar-refractivity contribution in [2.75, 3.05) is 13.7 Å². The molecule has 0 heterocycles. The van der Waals surface area contributed by atoms with Crippen LogP contribution in [-0.4, -0.2) is 31.1 Å². The van der Waals surface area contributed by atoms with Crippen molar-refractivity contribution in [2.45, 2.75) is 26.7 Å². The van der Waals surface area contributed by atoms with Gasteiger partial charge in [-0.1, -0.05) is 37.6 Å². The average Bonchev–Trinajstić information content (AvgIpc) is 2.59. The lowest BCUT2D eigenvalue weighted by atomic mass is 9.87. The molecule has 0 aromatic heterocycles. The van der Waals surface area contributed by atoms with Crippen molar-refractivity contribution in [3.8, 4) is 0 Å². The molecule has 1 amide bonds. The molecule has 1 aliphatic rings. The normalized spacial score (nSPS) is 14.5. The van der Waals surface area contributed by atoms with Crippen molar-refractivity contribution in [3.05, 3.63) is 58.4 Å². The highest BCUT2D eigenvalue weighted by atomic mass is 16.5. The zero-order valence-corrected chi connectivity index (χ0v) is 14.1. The number of likely N-dealkylation sites (N-methyl/N-ethyl adjacent to an activating group) is 1. The molecule has 0 atom stereocenters. The standard InChI is InChI=1S/C19H21NO4/c1-4-8-12(19(23)20-5-2)11-15-16(21)13-9-6-7-10-14(13)17(22)18(15)24-3/h6-7,9-11H,4-5,8H2,1-3H3,(H,20,23)/b12-11+. The highest BCUT2D eigenvalue weighted by Crippen LogP contribution is 2.28. The molecule has 24 heavy (non-hydrogen) atoms. The van der Waals surface area contributed by atoms with E-state index < -0.39 is 0 Å². The molecule has 2 rings (SSSR count). The summed E-state index contributed by atoms with van der Waals surface area (Å²) in [5, 5.41) is 2.73. The van der Waals surface area contributed by atoms with Gasteiger partial charge < -0.3 is 10.1 Å². The molecule has 5 nitrogen and oxygen atoms in total. The van der Waals surface area contributed by atoms with Gasteiger partial charge >= 0.3 is 0 Å². The molecule has 1 N–H and O–H groups in total. The monoisotopic (exact) mass is 327 g/mol. The Hall–Kier alpha value is -2.69. The van der Waals surface area contributed by atoms with Crippen molar-refractivity contribution in [2.24, 2.45) is 0 Å². The first-order valence-electron chi connectivity index (χ1n) is 8.00. The first-order chi connectivity index (χ1) is 11.5. The predicted octanol–water partition coefficient (Wildman–Crippen LogP) is 2.83. The molecule has 1 aromatic rings. The fourth-order valence-corrected chi connectivity index (χ4v) is 2.67. The zero-order valence-electron chi connectivity index (χ0n) is 14.1. The van der Waals surface area contributed by atoms with Crippen LogP contribution in [0.5, 0.6) is 0 Å². The number of carbonyl (C=O) groups is 3. The molecule has 0 saturated heterocycles. The van der Waals surface area contributed by atoms with E-state index in [0.717, 1.165) is 6.42 Å². The summed E-state index contributed by atoms with van der Waals surface area (Å²) >= 11 is 0. The van der Waals surface area contributed by atoms with Crippen LogP contribution in [0, 0.1) is 0 Å². The van der Waals surface area contributed by atoms with E-state index in [1.807, 2.05) is 13.8 Å². The molecular weight excluding hydrogens is 306 g/mol. The number of Topliss-reactive ketones (excluding diaryl/α,β-unsaturated/α-hetero) is 2. The lowest BCUT2D eigenvalue weighted by molar-refractivity contribution is -0.117. The Morgan fingerprint density at radius 1 is 1.12 bits per heavy atom. The number of nitrogens with one attached hydrogen (secondary N) is 1. The highest BCUT2D eigenvalue weighted by Gasteiger charge is 2.32. The van der Waals surface area contributed by atoms with Gasteiger partial charge in [-0.25, -0.2) is 0 Å². The minimum atomic E-state index is -0.342. The zero-order chi connectivity index (χ0) is 17.7. The fraction of sp³-hybridized carbons (Fsp3) is 0.316. The number of carbonyl (C=O) groups excluding carboxylic acids is 3. The van der Waals surface area contributed by atoms with Crippen LogP contribution < -0.4 is 5.32 Å². The second kappa shape index (κ2) is 7.73. The maximum absolute atomic E-state index is 12.8. The largest absolute Gasteiger partial charge is 0.492 e. The van der Waals surface area contributed by atoms with Crippen LogP contribution in [0.3, 0.4) is 0 Å². The number of methoxy groups -OCH3 is 1. The maximum atomic E-state index is 12.8. The quantitative estimate of drug-likeness (QED) is 0.816. The Kier molecular flexibility index (Phi) is 5.68. The Labute approximate surface area is 141 Å². The van der Waals surface area contributed by atoms with Crippen LogP contribution in [0.2, 0.25) is 0 Å². The average molecular weight is 327 g/mol. The van der Waals surface area contributed by atoms with Gasteiger partial charge in [0.15, 0.2) is 11.5 Å². The van der Waals surface area contributed by atoms with Gasteiger partial charge in [-0.3, -0.25) is 14.4 Å². The van der Waals surface area contributed by atoms with E-state index in [1.54, 1.807) is 24.3 Å². The van der Waals surface area contributed by atoms with Crippen LogP contribution in [0.25, 0.3) is 0 Å². The van der Waals surface area contributed by atoms with E-state index in [2.05, 4.69) is 5.32 Å². The number of ether oxygens (including phenoxy) is 1. The van der Waals surface area contributed by atoms with Crippen LogP contribution >= 0.6 is 0 Å². The van der Waals surface area contributed by atoms with Gasteiger partial charge in [-0.2, -0.15) is 0 Å². The molecule has 126 valence electrons. The first-order valence-corrected chi connectivity index (χ1v) is 8.00. The van der Waals surface area contributed by atoms with Gasteiger partial charge in [-0.15, -0.1) is 0 Å². The van der Waals surface area contributed by atoms with Gasteiger partial charge in [0, 0.05) is 23.2 Å². The van der Waals surface area contributed by atoms with Gasteiger partial charge in [0.25, 0.3) is 0 Å². The van der Waals surface area contributed by atoms with E-state index in [0.29, 0.717) is 29.7 Å². The lowest BCUT2D eigenvalue weighted by Crippen LogP contribution is -2.26. The summed E-state index contributed by atoms with van der Waals surface area (Å²) in [6.07, 6.45) is 2.75. The van der Waals surface area contributed by atoms with Crippen molar-refractivity contribution < 1.29 is 19.1 Å². The van der Waals surface area contributed by atoms with Crippen molar-refractivity contribution in [3.63, 3.8) is 0 Å². The third-order valence-electron chi connectivity index (χ3n) is 3.78. The third-order valence-corrected chi connectivity index (χ3v) is 3.78. The Bertz CT molecular complexity index is 743. The summed E-state index contributed by atoms with van der Waals surface area (Å²) in [5.74, 6) is -0.899. The van der Waals surface area contributed by atoms with Gasteiger partial charge in [0.05, 0.1) is 12.7 Å². The number of benzene rings is 1. The summed E-state index contributed by atoms with van der Waals surface area (Å²) in [7, 11) is 1.36. The molecule has 0 bridgehead atoms. The van der Waals surface area contributed by atoms with Crippen molar-refractivity contribution in [1.82, 2.24) is 5.32 Å². The van der Waals surface area contributed by atoms with E-state index in [4.69, 9.17) is 4.74 Å². The van der Waals surface area contributed by atoms with Crippen LogP contribution in [0.4, 0.5) is 0 Å². The van der Waals surface area contributed by atoms with E-state index >= 15 is 0 Å². The second-order valence-electron chi connectivity index (χ2n) is 5.43. The lowest BCUT2D eigenvalue weighted by Gasteiger charge is -2.19. The molecule has 0 aliphatic heterocycles. The number of hydrogen-bond donors (Lipinski definition) is 1. The molecule has 0 spiro atoms. The Morgan fingerprint density at radius 3 is 2.29 bits per heavy atom. The van der Waals surface area contributed by atoms with Gasteiger partial charge in [-0.05, 0) is 19.4 Å². The van der Waals surface area contributed by atoms with Crippen molar-refractivity contribution >= 4 is 17.5 Å². The SMILES string of the molecule is CCC/C(=C\C1=C(OC)C(=O)c2ccccc2C1=O)C(=O)NCC. The molecule has 0 fully saturated rings. The topological polar surface area (TPSA) is 72.5 Å². The molecule has 0 saturated carbocycles. The van der Waals surface area contributed by atoms with Crippen LogP contribution in [-0.2, 0) is 9.53 Å². The number of hydrogen-bond acceptors (Lipinski definition) is 4. The number of allylic oxidation sites excluding steroid dienone is 3. The van der Waals surface area contributed by atoms with Crippen LogP contribution in [0.1, 0.15) is 47.4 Å². The summed E-state index contributed by atoms with van der Waals surface area (Å²) in [5.41, 5.74) is 1.26. The molecule has 1 aromatic carbocycles.